The van der Waals surface area contributed by atoms with Gasteiger partial charge in [-0.3, -0.25) is 14.4 Å². The molecular weight excluding hydrogens is 516 g/mol. The first kappa shape index (κ1) is 34.7. The van der Waals surface area contributed by atoms with Crippen LogP contribution in [0.1, 0.15) is 104 Å². The summed E-state index contributed by atoms with van der Waals surface area (Å²) in [6, 6.07) is 7.60. The summed E-state index contributed by atoms with van der Waals surface area (Å²) in [4.78, 5) is 39.5. The van der Waals surface area contributed by atoms with E-state index in [1.165, 1.54) is 6.42 Å². The molecule has 0 unspecified atom stereocenters. The SMILES string of the molecule is CCCC[C@H](NC(=O)[C@@H](N)Cc1ccccc1)C(=O)N[C@@H](CC1CCCCC1)[C@@H](O)C[C@@H](CC)C(=O)NCC(C)C. The molecular formula is C33H56N4O4. The minimum Gasteiger partial charge on any atom is -0.391 e. The van der Waals surface area contributed by atoms with Crippen LogP contribution in [0.2, 0.25) is 0 Å². The Morgan fingerprint density at radius 1 is 0.976 bits per heavy atom. The number of nitrogens with one attached hydrogen (secondary N) is 3. The van der Waals surface area contributed by atoms with Gasteiger partial charge >= 0.3 is 0 Å². The van der Waals surface area contributed by atoms with Crippen molar-refractivity contribution in [2.45, 2.75) is 129 Å². The lowest BCUT2D eigenvalue weighted by molar-refractivity contribution is -0.131. The molecule has 1 aromatic rings. The number of aliphatic hydroxyl groups excluding tert-OH is 1. The van der Waals surface area contributed by atoms with E-state index < -0.39 is 24.2 Å². The first-order valence-electron chi connectivity index (χ1n) is 16.0. The van der Waals surface area contributed by atoms with Crippen molar-refractivity contribution in [1.29, 1.82) is 0 Å². The maximum atomic E-state index is 13.6. The summed E-state index contributed by atoms with van der Waals surface area (Å²) in [5, 5.41) is 20.4. The van der Waals surface area contributed by atoms with Gasteiger partial charge in [0.25, 0.3) is 0 Å². The highest BCUT2D eigenvalue weighted by molar-refractivity contribution is 5.90. The number of hydrogen-bond donors (Lipinski definition) is 5. The molecule has 2 rings (SSSR count). The number of amides is 3. The van der Waals surface area contributed by atoms with Crippen LogP contribution in [0.4, 0.5) is 0 Å². The number of unbranched alkanes of at least 4 members (excludes halogenated alkanes) is 1. The standard InChI is InChI=1S/C33H56N4O4/c1-5-7-18-28(36-32(40)27(34)19-24-14-10-8-11-15-24)33(41)37-29(20-25-16-12-9-13-17-25)30(38)21-26(6-2)31(39)35-22-23(3)4/h8,10-11,14-15,23,25-30,38H,5-7,9,12-13,16-22,34H2,1-4H3,(H,35,39)(H,36,40)(H,37,41)/t26-,27+,28+,29+,30+/m1/s1. The molecule has 0 spiro atoms. The minimum absolute atomic E-state index is 0.0523. The smallest absolute Gasteiger partial charge is 0.242 e. The number of benzene rings is 1. The topological polar surface area (TPSA) is 134 Å². The van der Waals surface area contributed by atoms with Crippen molar-refractivity contribution in [1.82, 2.24) is 16.0 Å². The van der Waals surface area contributed by atoms with E-state index in [1.54, 1.807) is 0 Å². The van der Waals surface area contributed by atoms with Crippen LogP contribution in [0.15, 0.2) is 30.3 Å². The third-order valence-electron chi connectivity index (χ3n) is 8.29. The number of hydrogen-bond acceptors (Lipinski definition) is 5. The molecule has 5 atom stereocenters. The third kappa shape index (κ3) is 12.9. The Hall–Kier alpha value is -2.45. The zero-order chi connectivity index (χ0) is 30.2. The van der Waals surface area contributed by atoms with Gasteiger partial charge in [0, 0.05) is 12.5 Å². The Bertz CT molecular complexity index is 904. The van der Waals surface area contributed by atoms with Crippen LogP contribution in [-0.2, 0) is 20.8 Å². The second-order valence-corrected chi connectivity index (χ2v) is 12.4. The van der Waals surface area contributed by atoms with E-state index in [4.69, 9.17) is 5.73 Å². The van der Waals surface area contributed by atoms with Crippen molar-refractivity contribution < 1.29 is 19.5 Å². The van der Waals surface area contributed by atoms with E-state index in [2.05, 4.69) is 16.0 Å². The second kappa shape index (κ2) is 18.9. The van der Waals surface area contributed by atoms with Gasteiger partial charge in [0.15, 0.2) is 0 Å². The highest BCUT2D eigenvalue weighted by Crippen LogP contribution is 2.29. The van der Waals surface area contributed by atoms with E-state index >= 15 is 0 Å². The Kier molecular flexibility index (Phi) is 16.0. The van der Waals surface area contributed by atoms with E-state index in [-0.39, 0.29) is 30.1 Å². The van der Waals surface area contributed by atoms with Crippen molar-refractivity contribution in [3.8, 4) is 0 Å². The molecule has 0 aromatic heterocycles. The fraction of sp³-hybridized carbons (Fsp3) is 0.727. The molecule has 1 fully saturated rings. The van der Waals surface area contributed by atoms with Gasteiger partial charge in [-0.25, -0.2) is 0 Å². The number of nitrogens with two attached hydrogens (primary N) is 1. The molecule has 0 bridgehead atoms. The minimum atomic E-state index is -0.863. The molecule has 1 saturated carbocycles. The Labute approximate surface area is 248 Å². The number of carbonyl (C=O) groups is 3. The van der Waals surface area contributed by atoms with Crippen LogP contribution in [-0.4, -0.2) is 53.6 Å². The molecule has 1 aromatic carbocycles. The van der Waals surface area contributed by atoms with Crippen LogP contribution in [0.3, 0.4) is 0 Å². The molecule has 232 valence electrons. The van der Waals surface area contributed by atoms with Gasteiger partial charge in [-0.2, -0.15) is 0 Å². The first-order chi connectivity index (χ1) is 19.6. The van der Waals surface area contributed by atoms with Gasteiger partial charge in [-0.05, 0) is 49.5 Å². The Morgan fingerprint density at radius 3 is 2.27 bits per heavy atom. The zero-order valence-electron chi connectivity index (χ0n) is 25.9. The normalized spacial score (nSPS) is 17.7. The van der Waals surface area contributed by atoms with Crippen molar-refractivity contribution in [2.75, 3.05) is 6.54 Å². The van der Waals surface area contributed by atoms with E-state index in [0.29, 0.717) is 44.1 Å². The Morgan fingerprint density at radius 2 is 1.66 bits per heavy atom. The molecule has 0 saturated heterocycles. The molecule has 8 nitrogen and oxygen atoms in total. The highest BCUT2D eigenvalue weighted by Gasteiger charge is 2.32. The van der Waals surface area contributed by atoms with Gasteiger partial charge in [0.1, 0.15) is 6.04 Å². The fourth-order valence-corrected chi connectivity index (χ4v) is 5.66. The predicted octanol–water partition coefficient (Wildman–Crippen LogP) is 4.24. The molecule has 0 radical (unpaired) electrons. The fourth-order valence-electron chi connectivity index (χ4n) is 5.66. The molecule has 0 heterocycles. The van der Waals surface area contributed by atoms with Crippen LogP contribution < -0.4 is 21.7 Å². The van der Waals surface area contributed by atoms with Crippen LogP contribution in [0.5, 0.6) is 0 Å². The molecule has 0 aliphatic heterocycles. The monoisotopic (exact) mass is 572 g/mol. The van der Waals surface area contributed by atoms with Crippen molar-refractivity contribution >= 4 is 17.7 Å². The van der Waals surface area contributed by atoms with Crippen LogP contribution in [0, 0.1) is 17.8 Å². The van der Waals surface area contributed by atoms with Crippen molar-refractivity contribution in [2.24, 2.45) is 23.5 Å². The summed E-state index contributed by atoms with van der Waals surface area (Å²) in [5.74, 6) is -0.278. The summed E-state index contributed by atoms with van der Waals surface area (Å²) in [7, 11) is 0. The summed E-state index contributed by atoms with van der Waals surface area (Å²) in [5.41, 5.74) is 7.18. The lowest BCUT2D eigenvalue weighted by Gasteiger charge is -2.33. The largest absolute Gasteiger partial charge is 0.391 e. The van der Waals surface area contributed by atoms with E-state index in [0.717, 1.165) is 44.1 Å². The van der Waals surface area contributed by atoms with Crippen LogP contribution >= 0.6 is 0 Å². The molecule has 6 N–H and O–H groups in total. The summed E-state index contributed by atoms with van der Waals surface area (Å²) >= 11 is 0. The quantitative estimate of drug-likeness (QED) is 0.179. The third-order valence-corrected chi connectivity index (χ3v) is 8.29. The van der Waals surface area contributed by atoms with Crippen molar-refractivity contribution in [3.63, 3.8) is 0 Å². The lowest BCUT2D eigenvalue weighted by Crippen LogP contribution is -2.55. The number of rotatable bonds is 18. The number of aliphatic hydroxyl groups is 1. The first-order valence-corrected chi connectivity index (χ1v) is 16.0. The van der Waals surface area contributed by atoms with E-state index in [9.17, 15) is 19.5 Å². The maximum Gasteiger partial charge on any atom is 0.242 e. The second-order valence-electron chi connectivity index (χ2n) is 12.4. The molecule has 41 heavy (non-hydrogen) atoms. The summed E-state index contributed by atoms with van der Waals surface area (Å²) in [6.07, 6.45) is 8.93. The van der Waals surface area contributed by atoms with Crippen molar-refractivity contribution in [3.05, 3.63) is 35.9 Å². The highest BCUT2D eigenvalue weighted by atomic mass is 16.3. The van der Waals surface area contributed by atoms with E-state index in [1.807, 2.05) is 58.0 Å². The summed E-state index contributed by atoms with van der Waals surface area (Å²) < 4.78 is 0. The van der Waals surface area contributed by atoms with Gasteiger partial charge in [0.05, 0.1) is 18.2 Å². The van der Waals surface area contributed by atoms with Gasteiger partial charge in [0.2, 0.25) is 17.7 Å². The Balaban J connectivity index is 2.12. The van der Waals surface area contributed by atoms with Gasteiger partial charge < -0.3 is 26.8 Å². The number of carbonyl (C=O) groups excluding carboxylic acids is 3. The maximum absolute atomic E-state index is 13.6. The average molecular weight is 573 g/mol. The lowest BCUT2D eigenvalue weighted by atomic mass is 9.82. The molecule has 3 amide bonds. The zero-order valence-corrected chi connectivity index (χ0v) is 25.9. The molecule has 1 aliphatic carbocycles. The summed E-state index contributed by atoms with van der Waals surface area (Å²) in [6.45, 7) is 8.69. The molecule has 1 aliphatic rings. The predicted molar refractivity (Wildman–Crippen MR) is 165 cm³/mol. The van der Waals surface area contributed by atoms with Gasteiger partial charge in [-0.15, -0.1) is 0 Å². The van der Waals surface area contributed by atoms with Gasteiger partial charge in [-0.1, -0.05) is 103 Å². The average Bonchev–Trinajstić information content (AvgIpc) is 2.97. The molecule has 8 heteroatoms. The van der Waals surface area contributed by atoms with Crippen LogP contribution in [0.25, 0.3) is 0 Å².